The largest absolute Gasteiger partial charge is 0.478 e. The van der Waals surface area contributed by atoms with Crippen molar-refractivity contribution < 1.29 is 14.7 Å². The van der Waals surface area contributed by atoms with Crippen molar-refractivity contribution in [1.29, 1.82) is 5.41 Å². The first-order valence-corrected chi connectivity index (χ1v) is 5.61. The monoisotopic (exact) mass is 253 g/mol. The molecule has 1 aromatic carbocycles. The predicted molar refractivity (Wildman–Crippen MR) is 71.4 cm³/mol. The summed E-state index contributed by atoms with van der Waals surface area (Å²) in [5.74, 6) is -1.43. The number of ketones is 1. The fourth-order valence-corrected chi connectivity index (χ4v) is 1.70. The highest BCUT2D eigenvalue weighted by Gasteiger charge is 2.18. The summed E-state index contributed by atoms with van der Waals surface area (Å²) in [6.45, 7) is 0. The number of carbonyl (C=O) groups is 2. The zero-order chi connectivity index (χ0) is 13.8. The van der Waals surface area contributed by atoms with Gasteiger partial charge < -0.3 is 5.11 Å². The van der Waals surface area contributed by atoms with Crippen LogP contribution in [0.4, 0.5) is 0 Å². The summed E-state index contributed by atoms with van der Waals surface area (Å²) in [5.41, 5.74) is 0.533. The molecule has 4 nitrogen and oxygen atoms in total. The molecule has 1 aliphatic rings. The van der Waals surface area contributed by atoms with Crippen LogP contribution in [0.1, 0.15) is 10.4 Å². The molecule has 1 aromatic rings. The SMILES string of the molecule is N=C1C(=CC(=O)c2ccccc2)C=CC=C1C(=O)O. The summed E-state index contributed by atoms with van der Waals surface area (Å²) in [6, 6.07) is 8.64. The normalized spacial score (nSPS) is 16.3. The Bertz CT molecular complexity index is 637. The van der Waals surface area contributed by atoms with Gasteiger partial charge in [0.1, 0.15) is 0 Å². The molecule has 0 fully saturated rings. The van der Waals surface area contributed by atoms with E-state index in [4.69, 9.17) is 10.5 Å². The standard InChI is InChI=1S/C15H11NO3/c16-14-11(7-4-8-12(14)15(18)19)9-13(17)10-5-2-1-3-6-10/h1-9,16H,(H,18,19). The fourth-order valence-electron chi connectivity index (χ4n) is 1.70. The molecule has 0 unspecified atom stereocenters. The van der Waals surface area contributed by atoms with Crippen LogP contribution >= 0.6 is 0 Å². The summed E-state index contributed by atoms with van der Waals surface area (Å²) in [6.07, 6.45) is 5.69. The summed E-state index contributed by atoms with van der Waals surface area (Å²) in [7, 11) is 0. The first-order chi connectivity index (χ1) is 9.09. The predicted octanol–water partition coefficient (Wildman–Crippen LogP) is 2.40. The van der Waals surface area contributed by atoms with Crippen LogP contribution in [-0.4, -0.2) is 22.6 Å². The van der Waals surface area contributed by atoms with E-state index in [-0.39, 0.29) is 17.1 Å². The average molecular weight is 253 g/mol. The number of aliphatic carboxylic acids is 1. The van der Waals surface area contributed by atoms with Gasteiger partial charge in [0.25, 0.3) is 0 Å². The highest BCUT2D eigenvalue weighted by Crippen LogP contribution is 2.15. The van der Waals surface area contributed by atoms with Crippen molar-refractivity contribution in [3.63, 3.8) is 0 Å². The number of benzene rings is 1. The Morgan fingerprint density at radius 3 is 2.47 bits per heavy atom. The number of carbonyl (C=O) groups excluding carboxylic acids is 1. The van der Waals surface area contributed by atoms with Crippen molar-refractivity contribution in [1.82, 2.24) is 0 Å². The maximum Gasteiger partial charge on any atom is 0.337 e. The molecule has 0 aliphatic heterocycles. The Labute approximate surface area is 109 Å². The molecule has 0 saturated carbocycles. The average Bonchev–Trinajstić information content (AvgIpc) is 2.41. The number of rotatable bonds is 3. The zero-order valence-electron chi connectivity index (χ0n) is 9.96. The van der Waals surface area contributed by atoms with Gasteiger partial charge in [0.2, 0.25) is 0 Å². The molecule has 0 atom stereocenters. The molecule has 0 aromatic heterocycles. The second kappa shape index (κ2) is 5.27. The molecule has 0 bridgehead atoms. The first-order valence-electron chi connectivity index (χ1n) is 5.61. The van der Waals surface area contributed by atoms with Crippen molar-refractivity contribution in [2.24, 2.45) is 0 Å². The second-order valence-corrected chi connectivity index (χ2v) is 3.95. The molecular weight excluding hydrogens is 242 g/mol. The lowest BCUT2D eigenvalue weighted by atomic mass is 9.95. The van der Waals surface area contributed by atoms with Gasteiger partial charge in [0, 0.05) is 11.1 Å². The quantitative estimate of drug-likeness (QED) is 0.641. The topological polar surface area (TPSA) is 78.2 Å². The van der Waals surface area contributed by atoms with E-state index in [2.05, 4.69) is 0 Å². The molecule has 0 heterocycles. The van der Waals surface area contributed by atoms with Gasteiger partial charge >= 0.3 is 5.97 Å². The molecule has 2 rings (SSSR count). The van der Waals surface area contributed by atoms with Crippen LogP contribution in [-0.2, 0) is 4.79 Å². The molecule has 0 amide bonds. The van der Waals surface area contributed by atoms with E-state index in [0.717, 1.165) is 0 Å². The van der Waals surface area contributed by atoms with Crippen LogP contribution in [0, 0.1) is 5.41 Å². The van der Waals surface area contributed by atoms with E-state index in [1.165, 1.54) is 18.2 Å². The Balaban J connectivity index is 2.29. The zero-order valence-corrected chi connectivity index (χ0v) is 9.96. The molecule has 0 spiro atoms. The molecular formula is C15H11NO3. The summed E-state index contributed by atoms with van der Waals surface area (Å²) in [5, 5.41) is 16.7. The number of carboxylic acids is 1. The number of nitrogens with one attached hydrogen (secondary N) is 1. The van der Waals surface area contributed by atoms with E-state index in [0.29, 0.717) is 11.1 Å². The van der Waals surface area contributed by atoms with Crippen LogP contribution in [0.15, 0.2) is 65.8 Å². The van der Waals surface area contributed by atoms with Gasteiger partial charge in [-0.1, -0.05) is 42.5 Å². The molecule has 1 aliphatic carbocycles. The first kappa shape index (κ1) is 12.7. The highest BCUT2D eigenvalue weighted by atomic mass is 16.4. The molecule has 0 radical (unpaired) electrons. The fraction of sp³-hybridized carbons (Fsp3) is 0. The van der Waals surface area contributed by atoms with Crippen LogP contribution in [0.25, 0.3) is 0 Å². The Morgan fingerprint density at radius 1 is 1.16 bits per heavy atom. The van der Waals surface area contributed by atoms with Crippen LogP contribution in [0.2, 0.25) is 0 Å². The van der Waals surface area contributed by atoms with Crippen molar-refractivity contribution in [2.45, 2.75) is 0 Å². The molecule has 94 valence electrons. The number of allylic oxidation sites excluding steroid dienone is 5. The van der Waals surface area contributed by atoms with Gasteiger partial charge in [-0.3, -0.25) is 10.2 Å². The summed E-state index contributed by atoms with van der Waals surface area (Å²) < 4.78 is 0. The molecule has 19 heavy (non-hydrogen) atoms. The van der Waals surface area contributed by atoms with E-state index in [9.17, 15) is 9.59 Å². The molecule has 2 N–H and O–H groups in total. The third-order valence-electron chi connectivity index (χ3n) is 2.67. The van der Waals surface area contributed by atoms with E-state index < -0.39 is 5.97 Å². The second-order valence-electron chi connectivity index (χ2n) is 3.95. The van der Waals surface area contributed by atoms with Crippen LogP contribution in [0.5, 0.6) is 0 Å². The Kier molecular flexibility index (Phi) is 3.52. The van der Waals surface area contributed by atoms with Gasteiger partial charge in [-0.25, -0.2) is 4.79 Å². The minimum Gasteiger partial charge on any atom is -0.478 e. The molecule has 0 saturated heterocycles. The smallest absolute Gasteiger partial charge is 0.337 e. The summed E-state index contributed by atoms with van der Waals surface area (Å²) >= 11 is 0. The van der Waals surface area contributed by atoms with Crippen LogP contribution < -0.4 is 0 Å². The third kappa shape index (κ3) is 2.74. The minimum atomic E-state index is -1.17. The van der Waals surface area contributed by atoms with E-state index >= 15 is 0 Å². The van der Waals surface area contributed by atoms with Crippen molar-refractivity contribution in [3.8, 4) is 0 Å². The lowest BCUT2D eigenvalue weighted by Gasteiger charge is -2.09. The van der Waals surface area contributed by atoms with Crippen molar-refractivity contribution in [2.75, 3.05) is 0 Å². The Hall–Kier alpha value is -2.75. The lowest BCUT2D eigenvalue weighted by molar-refractivity contribution is -0.132. The van der Waals surface area contributed by atoms with Gasteiger partial charge in [-0.05, 0) is 12.2 Å². The maximum atomic E-state index is 12.0. The molecule has 4 heteroatoms. The maximum absolute atomic E-state index is 12.0. The third-order valence-corrected chi connectivity index (χ3v) is 2.67. The Morgan fingerprint density at radius 2 is 1.84 bits per heavy atom. The summed E-state index contributed by atoms with van der Waals surface area (Å²) in [4.78, 5) is 22.9. The van der Waals surface area contributed by atoms with E-state index in [1.54, 1.807) is 36.4 Å². The minimum absolute atomic E-state index is 0.116. The van der Waals surface area contributed by atoms with Gasteiger partial charge in [-0.15, -0.1) is 0 Å². The van der Waals surface area contributed by atoms with Crippen molar-refractivity contribution >= 4 is 17.5 Å². The number of carboxylic acid groups (broad SMARTS) is 1. The van der Waals surface area contributed by atoms with E-state index in [1.807, 2.05) is 0 Å². The van der Waals surface area contributed by atoms with Gasteiger partial charge in [0.15, 0.2) is 5.78 Å². The van der Waals surface area contributed by atoms with Gasteiger partial charge in [0.05, 0.1) is 11.3 Å². The highest BCUT2D eigenvalue weighted by molar-refractivity contribution is 6.28. The van der Waals surface area contributed by atoms with Gasteiger partial charge in [-0.2, -0.15) is 0 Å². The number of hydrogen-bond donors (Lipinski definition) is 2. The van der Waals surface area contributed by atoms with Crippen molar-refractivity contribution in [3.05, 3.63) is 71.3 Å². The number of hydrogen-bond acceptors (Lipinski definition) is 3. The lowest BCUT2D eigenvalue weighted by Crippen LogP contribution is -2.15. The van der Waals surface area contributed by atoms with Crippen LogP contribution in [0.3, 0.4) is 0 Å².